The van der Waals surface area contributed by atoms with Gasteiger partial charge in [0.1, 0.15) is 16.9 Å². The first-order valence-electron chi connectivity index (χ1n) is 16.0. The van der Waals surface area contributed by atoms with Gasteiger partial charge in [-0.15, -0.1) is 0 Å². The smallest absolute Gasteiger partial charge is 0.312 e. The highest BCUT2D eigenvalue weighted by molar-refractivity contribution is 15.0. The standard InChI is InChI=1S/C16H18N5O3P.C13H10N4.2C2H6.CH4.I2/c1-23-25(22,24-2)11-10-21(13-6-4-3-5-7-13)16-19-12-14-15(20-16)18-9-8-17-14;1-2-4-10(5-3-1)8-12-16-9-11-13(17-12)15-7-6-14-11;2*1-2;;1-2/h3-9,12H,10-11H2,1-2H3;1-7,9H,8H2;2*1-2H3;1H4;/i9D;7D;;;;. The normalized spacial score (nSPS) is 10.5. The van der Waals surface area contributed by atoms with Gasteiger partial charge in [0.2, 0.25) is 5.95 Å². The molecule has 2 aromatic carbocycles. The molecule has 0 aliphatic carbocycles. The van der Waals surface area contributed by atoms with Crippen LogP contribution in [-0.4, -0.2) is 66.8 Å². The maximum absolute atomic E-state index is 12.4. The quantitative estimate of drug-likeness (QED) is 0.101. The van der Waals surface area contributed by atoms with E-state index in [1.807, 2.05) is 88.4 Å². The fraction of sp³-hybridized carbons (Fsp3) is 0.294. The van der Waals surface area contributed by atoms with E-state index < -0.39 is 7.60 Å². The van der Waals surface area contributed by atoms with Crippen molar-refractivity contribution in [2.45, 2.75) is 41.5 Å². The van der Waals surface area contributed by atoms with Crippen molar-refractivity contribution in [1.29, 1.82) is 0 Å². The summed E-state index contributed by atoms with van der Waals surface area (Å²) in [5.74, 6) is 1.05. The van der Waals surface area contributed by atoms with Gasteiger partial charge in [-0.05, 0) is 17.7 Å². The van der Waals surface area contributed by atoms with Crippen LogP contribution in [0, 0.1) is 0 Å². The van der Waals surface area contributed by atoms with Crippen LogP contribution in [0.1, 0.15) is 49.3 Å². The Labute approximate surface area is 315 Å². The van der Waals surface area contributed by atoms with Gasteiger partial charge < -0.3 is 13.9 Å². The summed E-state index contributed by atoms with van der Waals surface area (Å²) < 4.78 is 37.5. The Balaban J connectivity index is 0.000000456. The lowest BCUT2D eigenvalue weighted by Crippen LogP contribution is -2.24. The Morgan fingerprint density at radius 3 is 1.80 bits per heavy atom. The number of nitrogens with zero attached hydrogens (tertiary/aromatic N) is 9. The number of para-hydroxylation sites is 1. The molecule has 49 heavy (non-hydrogen) atoms. The predicted octanol–water partition coefficient (Wildman–Crippen LogP) is 9.51. The topological polar surface area (TPSA) is 142 Å². The van der Waals surface area contributed by atoms with Gasteiger partial charge in [0.25, 0.3) is 0 Å². The van der Waals surface area contributed by atoms with Gasteiger partial charge in [0, 0.05) is 94.8 Å². The van der Waals surface area contributed by atoms with Crippen LogP contribution in [0.3, 0.4) is 0 Å². The first-order chi connectivity index (χ1) is 24.4. The number of benzene rings is 2. The molecule has 0 spiro atoms. The molecule has 4 aromatic heterocycles. The molecule has 0 aliphatic rings. The van der Waals surface area contributed by atoms with Crippen LogP contribution in [-0.2, 0) is 20.0 Å². The van der Waals surface area contributed by atoms with Gasteiger partial charge in [-0.2, -0.15) is 4.98 Å². The molecule has 0 bridgehead atoms. The number of anilines is 2. The molecule has 0 amide bonds. The Hall–Kier alpha value is -3.31. The van der Waals surface area contributed by atoms with Crippen LogP contribution < -0.4 is 4.90 Å². The predicted molar refractivity (Wildman–Crippen MR) is 217 cm³/mol. The average molecular weight is 914 g/mol. The first kappa shape index (κ1) is 40.1. The second-order valence-electron chi connectivity index (χ2n) is 8.72. The number of fused-ring (bicyclic) bond motifs is 2. The SMILES string of the molecule is C.CC.CC.II.[2H]c1cnc2cnc(Cc3ccccc3)nc2n1.[2H]c1cnc2cnc(N(CCP(=O)(OC)OC)c3ccccc3)nc2n1. The summed E-state index contributed by atoms with van der Waals surface area (Å²) in [6, 6.07) is 19.5. The van der Waals surface area contributed by atoms with Crippen LogP contribution in [0.25, 0.3) is 22.3 Å². The van der Waals surface area contributed by atoms with Crippen LogP contribution in [0.5, 0.6) is 0 Å². The van der Waals surface area contributed by atoms with E-state index in [4.69, 9.17) is 11.8 Å². The van der Waals surface area contributed by atoms with Gasteiger partial charge >= 0.3 is 7.60 Å². The maximum Gasteiger partial charge on any atom is 0.331 e. The molecule has 0 atom stereocenters. The third kappa shape index (κ3) is 13.8. The van der Waals surface area contributed by atoms with E-state index in [2.05, 4.69) is 77.1 Å². The first-order valence-corrected chi connectivity index (χ1v) is 23.0. The lowest BCUT2D eigenvalue weighted by atomic mass is 10.1. The van der Waals surface area contributed by atoms with Gasteiger partial charge in [0.05, 0.1) is 21.3 Å². The summed E-state index contributed by atoms with van der Waals surface area (Å²) >= 11 is 4.24. The fourth-order valence-corrected chi connectivity index (χ4v) is 4.87. The van der Waals surface area contributed by atoms with Crippen molar-refractivity contribution in [3.8, 4) is 0 Å². The molecule has 0 saturated heterocycles. The lowest BCUT2D eigenvalue weighted by molar-refractivity contribution is 0.276. The van der Waals surface area contributed by atoms with Crippen molar-refractivity contribution >= 4 is 78.8 Å². The second kappa shape index (κ2) is 24.8. The van der Waals surface area contributed by atoms with E-state index in [0.717, 1.165) is 11.3 Å². The summed E-state index contributed by atoms with van der Waals surface area (Å²) in [5.41, 5.74) is 3.88. The van der Waals surface area contributed by atoms with Crippen LogP contribution >= 0.6 is 44.8 Å². The minimum atomic E-state index is -3.19. The zero-order valence-corrected chi connectivity index (χ0v) is 32.9. The van der Waals surface area contributed by atoms with E-state index >= 15 is 0 Å². The molecule has 0 aliphatic heterocycles. The summed E-state index contributed by atoms with van der Waals surface area (Å²) in [6.07, 6.45) is 6.88. The van der Waals surface area contributed by atoms with E-state index in [9.17, 15) is 4.57 Å². The minimum Gasteiger partial charge on any atom is -0.312 e. The molecule has 12 nitrogen and oxygen atoms in total. The Morgan fingerprint density at radius 1 is 0.735 bits per heavy atom. The van der Waals surface area contributed by atoms with Crippen molar-refractivity contribution in [2.24, 2.45) is 0 Å². The third-order valence-electron chi connectivity index (χ3n) is 6.07. The van der Waals surface area contributed by atoms with Crippen LogP contribution in [0.4, 0.5) is 11.6 Å². The number of rotatable bonds is 9. The lowest BCUT2D eigenvalue weighted by Gasteiger charge is -2.24. The van der Waals surface area contributed by atoms with E-state index in [1.165, 1.54) is 26.6 Å². The highest BCUT2D eigenvalue weighted by Gasteiger charge is 2.24. The Morgan fingerprint density at radius 2 is 1.24 bits per heavy atom. The molecule has 15 heteroatoms. The average Bonchev–Trinajstić information content (AvgIpc) is 3.18. The second-order valence-corrected chi connectivity index (χ2v) is 11.1. The highest BCUT2D eigenvalue weighted by Crippen LogP contribution is 2.46. The molecule has 6 rings (SSSR count). The van der Waals surface area contributed by atoms with Gasteiger partial charge in [-0.3, -0.25) is 4.57 Å². The van der Waals surface area contributed by atoms with Crippen LogP contribution in [0.15, 0.2) is 97.8 Å². The number of hydrogen-bond donors (Lipinski definition) is 0. The number of halogens is 2. The van der Waals surface area contributed by atoms with Crippen molar-refractivity contribution in [3.63, 3.8) is 0 Å². The van der Waals surface area contributed by atoms with Gasteiger partial charge in [-0.1, -0.05) is 83.7 Å². The van der Waals surface area contributed by atoms with Crippen molar-refractivity contribution in [2.75, 3.05) is 31.8 Å². The molecule has 0 radical (unpaired) electrons. The molecule has 0 unspecified atom stereocenters. The Bertz CT molecular complexity index is 1910. The zero-order valence-electron chi connectivity index (χ0n) is 29.7. The third-order valence-corrected chi connectivity index (χ3v) is 7.93. The molecule has 0 saturated carbocycles. The van der Waals surface area contributed by atoms with Crippen molar-refractivity contribution < 1.29 is 16.4 Å². The minimum absolute atomic E-state index is 0. The van der Waals surface area contributed by atoms with E-state index in [1.54, 1.807) is 17.3 Å². The molecule has 4 heterocycles. The molecule has 0 N–H and O–H groups in total. The number of aromatic nitrogens is 8. The maximum atomic E-state index is 12.4. The van der Waals surface area contributed by atoms with Crippen molar-refractivity contribution in [1.82, 2.24) is 39.9 Å². The molecule has 262 valence electrons. The van der Waals surface area contributed by atoms with Gasteiger partial charge in [0.15, 0.2) is 11.3 Å². The number of hydrogen-bond acceptors (Lipinski definition) is 12. The summed E-state index contributed by atoms with van der Waals surface area (Å²) in [7, 11) is -0.475. The molecule has 6 aromatic rings. The van der Waals surface area contributed by atoms with Gasteiger partial charge in [-0.25, -0.2) is 34.9 Å². The monoisotopic (exact) mass is 913 g/mol. The molecular formula is C34H44I2N9O3P. The summed E-state index contributed by atoms with van der Waals surface area (Å²) in [6.45, 7) is 8.31. The Kier molecular flexibility index (Phi) is 20.3. The van der Waals surface area contributed by atoms with Crippen LogP contribution in [0.2, 0.25) is 0 Å². The van der Waals surface area contributed by atoms with E-state index in [-0.39, 0.29) is 25.9 Å². The summed E-state index contributed by atoms with van der Waals surface area (Å²) in [4.78, 5) is 35.4. The zero-order chi connectivity index (χ0) is 36.9. The van der Waals surface area contributed by atoms with E-state index in [0.29, 0.717) is 47.1 Å². The van der Waals surface area contributed by atoms with Crippen molar-refractivity contribution in [3.05, 3.63) is 109 Å². The summed E-state index contributed by atoms with van der Waals surface area (Å²) in [5, 5.41) is 0. The fourth-order valence-electron chi connectivity index (χ4n) is 3.91. The molecule has 0 fully saturated rings. The molecular weight excluding hydrogens is 867 g/mol. The highest BCUT2D eigenvalue weighted by atomic mass is 128. The largest absolute Gasteiger partial charge is 0.331 e.